The van der Waals surface area contributed by atoms with E-state index in [9.17, 15) is 4.79 Å². The summed E-state index contributed by atoms with van der Waals surface area (Å²) in [6.07, 6.45) is 1.20. The lowest BCUT2D eigenvalue weighted by Gasteiger charge is -2.29. The number of carbonyl (C=O) groups is 1. The van der Waals surface area contributed by atoms with Crippen LogP contribution in [0.1, 0.15) is 22.9 Å². The predicted octanol–water partition coefficient (Wildman–Crippen LogP) is 0.0119. The second kappa shape index (κ2) is 3.49. The van der Waals surface area contributed by atoms with E-state index in [2.05, 4.69) is 15.1 Å². The van der Waals surface area contributed by atoms with E-state index in [0.717, 1.165) is 18.9 Å². The summed E-state index contributed by atoms with van der Waals surface area (Å²) in [5.74, 6) is 1.30. The zero-order chi connectivity index (χ0) is 10.1. The number of hydrogen-bond donors (Lipinski definition) is 0. The standard InChI is InChI=1S/C9H14N4O/c1-7-10-11-9(12(7)2)8(14)6-13-4-3-5-13/h3-6H2,1-2H3. The molecule has 1 aliphatic heterocycles. The van der Waals surface area contributed by atoms with Gasteiger partial charge in [-0.15, -0.1) is 10.2 Å². The molecule has 14 heavy (non-hydrogen) atoms. The van der Waals surface area contributed by atoms with Crippen LogP contribution < -0.4 is 0 Å². The Morgan fingerprint density at radius 1 is 1.43 bits per heavy atom. The normalized spacial score (nSPS) is 16.7. The maximum absolute atomic E-state index is 11.7. The van der Waals surface area contributed by atoms with E-state index in [-0.39, 0.29) is 5.78 Å². The second-order valence-corrected chi connectivity index (χ2v) is 3.68. The smallest absolute Gasteiger partial charge is 0.214 e. The Labute approximate surface area is 82.7 Å². The number of rotatable bonds is 3. The van der Waals surface area contributed by atoms with Gasteiger partial charge in [-0.2, -0.15) is 0 Å². The molecule has 2 rings (SSSR count). The zero-order valence-corrected chi connectivity index (χ0v) is 8.53. The van der Waals surface area contributed by atoms with E-state index >= 15 is 0 Å². The minimum Gasteiger partial charge on any atom is -0.312 e. The molecule has 1 fully saturated rings. The van der Waals surface area contributed by atoms with Gasteiger partial charge in [0.15, 0.2) is 0 Å². The van der Waals surface area contributed by atoms with Crippen molar-refractivity contribution in [2.45, 2.75) is 13.3 Å². The molecule has 1 aromatic rings. The average Bonchev–Trinajstić information content (AvgIpc) is 2.41. The summed E-state index contributed by atoms with van der Waals surface area (Å²) in [5.41, 5.74) is 0. The Morgan fingerprint density at radius 3 is 2.57 bits per heavy atom. The largest absolute Gasteiger partial charge is 0.312 e. The van der Waals surface area contributed by atoms with Gasteiger partial charge in [0, 0.05) is 7.05 Å². The highest BCUT2D eigenvalue weighted by Crippen LogP contribution is 2.07. The van der Waals surface area contributed by atoms with E-state index in [1.807, 2.05) is 14.0 Å². The molecule has 76 valence electrons. The van der Waals surface area contributed by atoms with Crippen LogP contribution in [0.25, 0.3) is 0 Å². The molecule has 0 aromatic carbocycles. The second-order valence-electron chi connectivity index (χ2n) is 3.68. The van der Waals surface area contributed by atoms with Gasteiger partial charge in [-0.3, -0.25) is 9.69 Å². The average molecular weight is 194 g/mol. The fraction of sp³-hybridized carbons (Fsp3) is 0.667. The Bertz CT molecular complexity index is 354. The van der Waals surface area contributed by atoms with E-state index in [1.54, 1.807) is 4.57 Å². The minimum absolute atomic E-state index is 0.0628. The summed E-state index contributed by atoms with van der Waals surface area (Å²) in [4.78, 5) is 13.8. The molecule has 0 N–H and O–H groups in total. The number of aryl methyl sites for hydroxylation is 1. The molecule has 1 aromatic heterocycles. The van der Waals surface area contributed by atoms with Gasteiger partial charge < -0.3 is 4.57 Å². The van der Waals surface area contributed by atoms with Crippen molar-refractivity contribution in [2.24, 2.45) is 7.05 Å². The maximum atomic E-state index is 11.7. The van der Waals surface area contributed by atoms with Crippen molar-refractivity contribution in [2.75, 3.05) is 19.6 Å². The number of hydrogen-bond acceptors (Lipinski definition) is 4. The van der Waals surface area contributed by atoms with Crippen molar-refractivity contribution in [3.63, 3.8) is 0 Å². The molecule has 0 radical (unpaired) electrons. The number of aromatic nitrogens is 3. The molecule has 0 amide bonds. The number of carbonyl (C=O) groups excluding carboxylic acids is 1. The Kier molecular flexibility index (Phi) is 2.33. The number of likely N-dealkylation sites (tertiary alicyclic amines) is 1. The van der Waals surface area contributed by atoms with Crippen molar-refractivity contribution < 1.29 is 4.79 Å². The van der Waals surface area contributed by atoms with Crippen LogP contribution in [0.15, 0.2) is 0 Å². The number of ketones is 1. The van der Waals surface area contributed by atoms with Crippen LogP contribution in [0.4, 0.5) is 0 Å². The Balaban J connectivity index is 2.06. The summed E-state index contributed by atoms with van der Waals surface area (Å²) in [6.45, 7) is 4.38. The highest BCUT2D eigenvalue weighted by Gasteiger charge is 2.21. The molecule has 2 heterocycles. The van der Waals surface area contributed by atoms with Gasteiger partial charge in [0.25, 0.3) is 0 Å². The third-order valence-electron chi connectivity index (χ3n) is 2.66. The van der Waals surface area contributed by atoms with Crippen molar-refractivity contribution in [1.29, 1.82) is 0 Å². The van der Waals surface area contributed by atoms with Crippen LogP contribution in [0.3, 0.4) is 0 Å². The highest BCUT2D eigenvalue weighted by atomic mass is 16.1. The van der Waals surface area contributed by atoms with Gasteiger partial charge in [0.05, 0.1) is 6.54 Å². The van der Waals surface area contributed by atoms with Crippen LogP contribution in [0.5, 0.6) is 0 Å². The first kappa shape index (κ1) is 9.33. The highest BCUT2D eigenvalue weighted by molar-refractivity contribution is 5.94. The lowest BCUT2D eigenvalue weighted by atomic mass is 10.2. The quantitative estimate of drug-likeness (QED) is 0.636. The summed E-state index contributed by atoms with van der Waals surface area (Å²) in [7, 11) is 1.82. The van der Waals surface area contributed by atoms with Gasteiger partial charge >= 0.3 is 0 Å². The topological polar surface area (TPSA) is 51.0 Å². The predicted molar refractivity (Wildman–Crippen MR) is 51.1 cm³/mol. The number of Topliss-reactive ketones (excluding diaryl/α,β-unsaturated/α-hetero) is 1. The minimum atomic E-state index is 0.0628. The molecular formula is C9H14N4O. The fourth-order valence-electron chi connectivity index (χ4n) is 1.46. The lowest BCUT2D eigenvalue weighted by molar-refractivity contribution is 0.0861. The zero-order valence-electron chi connectivity index (χ0n) is 8.53. The molecule has 0 spiro atoms. The molecule has 0 atom stereocenters. The molecule has 0 bridgehead atoms. The summed E-state index contributed by atoms with van der Waals surface area (Å²) < 4.78 is 1.74. The Hall–Kier alpha value is -1.23. The van der Waals surface area contributed by atoms with E-state index in [0.29, 0.717) is 12.4 Å². The third kappa shape index (κ3) is 1.55. The SMILES string of the molecule is Cc1nnc(C(=O)CN2CCC2)n1C. The van der Waals surface area contributed by atoms with Gasteiger partial charge in [0.1, 0.15) is 5.82 Å². The molecule has 0 aliphatic carbocycles. The first-order chi connectivity index (χ1) is 6.68. The summed E-state index contributed by atoms with van der Waals surface area (Å²) in [6, 6.07) is 0. The Morgan fingerprint density at radius 2 is 2.14 bits per heavy atom. The van der Waals surface area contributed by atoms with Crippen molar-refractivity contribution >= 4 is 5.78 Å². The van der Waals surface area contributed by atoms with Crippen LogP contribution in [0, 0.1) is 6.92 Å². The van der Waals surface area contributed by atoms with E-state index in [1.165, 1.54) is 6.42 Å². The van der Waals surface area contributed by atoms with E-state index < -0.39 is 0 Å². The van der Waals surface area contributed by atoms with Crippen LogP contribution >= 0.6 is 0 Å². The summed E-state index contributed by atoms with van der Waals surface area (Å²) in [5, 5.41) is 7.73. The molecule has 0 saturated carbocycles. The van der Waals surface area contributed by atoms with Gasteiger partial charge in [-0.1, -0.05) is 0 Å². The van der Waals surface area contributed by atoms with Crippen molar-refractivity contribution in [1.82, 2.24) is 19.7 Å². The van der Waals surface area contributed by atoms with Crippen LogP contribution in [-0.4, -0.2) is 45.1 Å². The fourth-order valence-corrected chi connectivity index (χ4v) is 1.46. The van der Waals surface area contributed by atoms with Gasteiger partial charge in [0.2, 0.25) is 11.6 Å². The molecule has 0 unspecified atom stereocenters. The van der Waals surface area contributed by atoms with Gasteiger partial charge in [-0.25, -0.2) is 0 Å². The first-order valence-corrected chi connectivity index (χ1v) is 4.80. The number of nitrogens with zero attached hydrogens (tertiary/aromatic N) is 4. The molecule has 5 heteroatoms. The molecule has 1 saturated heterocycles. The first-order valence-electron chi connectivity index (χ1n) is 4.80. The van der Waals surface area contributed by atoms with Crippen molar-refractivity contribution in [3.8, 4) is 0 Å². The molecule has 1 aliphatic rings. The van der Waals surface area contributed by atoms with Crippen molar-refractivity contribution in [3.05, 3.63) is 11.6 Å². The van der Waals surface area contributed by atoms with E-state index in [4.69, 9.17) is 0 Å². The molecular weight excluding hydrogens is 180 g/mol. The third-order valence-corrected chi connectivity index (χ3v) is 2.66. The van der Waals surface area contributed by atoms with Crippen LogP contribution in [-0.2, 0) is 7.05 Å². The lowest BCUT2D eigenvalue weighted by Crippen LogP contribution is -2.41. The maximum Gasteiger partial charge on any atom is 0.214 e. The summed E-state index contributed by atoms with van der Waals surface area (Å²) >= 11 is 0. The van der Waals surface area contributed by atoms with Crippen LogP contribution in [0.2, 0.25) is 0 Å². The van der Waals surface area contributed by atoms with Gasteiger partial charge in [-0.05, 0) is 26.4 Å². The molecule has 5 nitrogen and oxygen atoms in total. The monoisotopic (exact) mass is 194 g/mol.